The van der Waals surface area contributed by atoms with E-state index in [0.29, 0.717) is 0 Å². The molecule has 0 spiro atoms. The summed E-state index contributed by atoms with van der Waals surface area (Å²) in [6.07, 6.45) is 11.1. The molecule has 3 heteroatoms. The van der Waals surface area contributed by atoms with E-state index in [4.69, 9.17) is 0 Å². The Bertz CT molecular complexity index is 687. The molecule has 0 bridgehead atoms. The van der Waals surface area contributed by atoms with Gasteiger partial charge >= 0.3 is 0 Å². The molecule has 3 nitrogen and oxygen atoms in total. The van der Waals surface area contributed by atoms with Crippen molar-refractivity contribution < 1.29 is 0 Å². The molecule has 0 unspecified atom stereocenters. The molecule has 2 aromatic rings. The number of pyridine rings is 1. The fourth-order valence-corrected chi connectivity index (χ4v) is 2.47. The smallest absolute Gasteiger partial charge is 0.0858 e. The molecule has 25 heavy (non-hydrogen) atoms. The van der Waals surface area contributed by atoms with Gasteiger partial charge in [-0.05, 0) is 61.5 Å². The molecule has 1 N–H and O–H groups in total. The molecule has 0 fully saturated rings. The molecule has 0 aliphatic rings. The Kier molecular flexibility index (Phi) is 7.51. The highest BCUT2D eigenvalue weighted by Gasteiger charge is 2.01. The van der Waals surface area contributed by atoms with Crippen LogP contribution in [-0.4, -0.2) is 16.4 Å². The van der Waals surface area contributed by atoms with E-state index < -0.39 is 0 Å². The topological polar surface area (TPSA) is 28.2 Å². The van der Waals surface area contributed by atoms with E-state index in [1.165, 1.54) is 5.56 Å². The molecule has 2 rings (SSSR count). The van der Waals surface area contributed by atoms with Crippen molar-refractivity contribution in [2.75, 3.05) is 11.9 Å². The second-order valence-corrected chi connectivity index (χ2v) is 5.83. The number of hydrogen-bond acceptors (Lipinski definition) is 3. The summed E-state index contributed by atoms with van der Waals surface area (Å²) >= 11 is 0. The van der Waals surface area contributed by atoms with Crippen molar-refractivity contribution in [1.29, 1.82) is 0 Å². The Morgan fingerprint density at radius 1 is 1.20 bits per heavy atom. The third kappa shape index (κ3) is 6.30. The lowest BCUT2D eigenvalue weighted by Gasteiger charge is -2.15. The largest absolute Gasteiger partial charge is 0.355 e. The first-order chi connectivity index (χ1) is 12.2. The van der Waals surface area contributed by atoms with Crippen molar-refractivity contribution in [2.45, 2.75) is 26.2 Å². The van der Waals surface area contributed by atoms with Gasteiger partial charge < -0.3 is 10.2 Å². The van der Waals surface area contributed by atoms with Crippen LogP contribution in [0.1, 0.15) is 31.0 Å². The molecule has 0 aliphatic carbocycles. The molecule has 0 radical (unpaired) electrons. The van der Waals surface area contributed by atoms with Crippen LogP contribution in [0.4, 0.5) is 5.69 Å². The monoisotopic (exact) mass is 333 g/mol. The molecule has 1 aromatic carbocycles. The predicted octanol–water partition coefficient (Wildman–Crippen LogP) is 5.47. The fraction of sp³-hybridized carbons (Fsp3) is 0.227. The lowest BCUT2D eigenvalue weighted by atomic mass is 10.1. The van der Waals surface area contributed by atoms with Gasteiger partial charge in [0, 0.05) is 18.4 Å². The number of aryl methyl sites for hydroxylation is 1. The highest BCUT2D eigenvalue weighted by molar-refractivity contribution is 5.73. The third-order valence-corrected chi connectivity index (χ3v) is 3.87. The number of rotatable bonds is 10. The molecule has 130 valence electrons. The third-order valence-electron chi connectivity index (χ3n) is 3.87. The van der Waals surface area contributed by atoms with Crippen molar-refractivity contribution in [2.24, 2.45) is 0 Å². The molecule has 1 aromatic heterocycles. The number of allylic oxidation sites excluding steroid dienone is 1. The molecular weight excluding hydrogens is 306 g/mol. The van der Waals surface area contributed by atoms with Gasteiger partial charge in [0.05, 0.1) is 11.4 Å². The van der Waals surface area contributed by atoms with Gasteiger partial charge in [0.2, 0.25) is 0 Å². The summed E-state index contributed by atoms with van der Waals surface area (Å²) in [5.74, 6) is 0. The first kappa shape index (κ1) is 18.5. The van der Waals surface area contributed by atoms with Gasteiger partial charge in [-0.3, -0.25) is 4.98 Å². The Morgan fingerprint density at radius 2 is 2.00 bits per heavy atom. The number of nitrogens with zero attached hydrogens (tertiary/aromatic N) is 2. The van der Waals surface area contributed by atoms with Crippen LogP contribution in [0, 0.1) is 0 Å². The number of nitrogens with one attached hydrogen (secondary N) is 1. The van der Waals surface area contributed by atoms with Gasteiger partial charge in [0.15, 0.2) is 0 Å². The standard InChI is InChI=1S/C22H27N3/c1-4-6-17-25(5-2)18-9-10-20-12-14-21(15-13-20)24-19(3)22-11-7-8-16-23-22/h5-8,11-17,24H,2-4,9-10,18H2,1H3/b17-6-. The van der Waals surface area contributed by atoms with Crippen LogP contribution in [-0.2, 0) is 6.42 Å². The predicted molar refractivity (Wildman–Crippen MR) is 108 cm³/mol. The van der Waals surface area contributed by atoms with Crippen LogP contribution in [0.5, 0.6) is 0 Å². The van der Waals surface area contributed by atoms with Crippen molar-refractivity contribution >= 4 is 11.4 Å². The maximum atomic E-state index is 4.30. The molecule has 0 amide bonds. The highest BCUT2D eigenvalue weighted by Crippen LogP contribution is 2.17. The average Bonchev–Trinajstić information content (AvgIpc) is 2.66. The zero-order valence-corrected chi connectivity index (χ0v) is 15.0. The minimum Gasteiger partial charge on any atom is -0.355 e. The Hall–Kier alpha value is -2.81. The summed E-state index contributed by atoms with van der Waals surface area (Å²) in [7, 11) is 0. The molecule has 0 aliphatic heterocycles. The highest BCUT2D eigenvalue weighted by atomic mass is 15.1. The van der Waals surface area contributed by atoms with Crippen LogP contribution in [0.3, 0.4) is 0 Å². The van der Waals surface area contributed by atoms with Gasteiger partial charge in [-0.15, -0.1) is 0 Å². The fourth-order valence-electron chi connectivity index (χ4n) is 2.47. The second-order valence-electron chi connectivity index (χ2n) is 5.83. The van der Waals surface area contributed by atoms with Crippen molar-refractivity contribution in [3.8, 4) is 0 Å². The average molecular weight is 333 g/mol. The van der Waals surface area contributed by atoms with E-state index in [9.17, 15) is 0 Å². The maximum Gasteiger partial charge on any atom is 0.0858 e. The first-order valence-electron chi connectivity index (χ1n) is 8.74. The number of hydrogen-bond donors (Lipinski definition) is 1. The Labute approximate surface area is 151 Å². The number of benzene rings is 1. The van der Waals surface area contributed by atoms with Crippen molar-refractivity contribution in [3.05, 3.63) is 91.6 Å². The van der Waals surface area contributed by atoms with Gasteiger partial charge in [0.1, 0.15) is 0 Å². The zero-order chi connectivity index (χ0) is 17.9. The van der Waals surface area contributed by atoms with Crippen LogP contribution in [0.15, 0.2) is 80.3 Å². The van der Waals surface area contributed by atoms with E-state index in [-0.39, 0.29) is 0 Å². The minimum absolute atomic E-state index is 0.803. The van der Waals surface area contributed by atoms with Gasteiger partial charge in [-0.25, -0.2) is 0 Å². The summed E-state index contributed by atoms with van der Waals surface area (Å²) in [4.78, 5) is 6.43. The van der Waals surface area contributed by atoms with Gasteiger partial charge in [-0.1, -0.05) is 44.4 Å². The van der Waals surface area contributed by atoms with Crippen molar-refractivity contribution in [3.63, 3.8) is 0 Å². The quantitative estimate of drug-likeness (QED) is 0.625. The zero-order valence-electron chi connectivity index (χ0n) is 15.0. The Balaban J connectivity index is 1.82. The summed E-state index contributed by atoms with van der Waals surface area (Å²) in [6.45, 7) is 11.0. The van der Waals surface area contributed by atoms with E-state index >= 15 is 0 Å². The number of aromatic nitrogens is 1. The lowest BCUT2D eigenvalue weighted by Crippen LogP contribution is -2.11. The van der Waals surface area contributed by atoms with Gasteiger partial charge in [-0.2, -0.15) is 0 Å². The SMILES string of the molecule is C=CN(/C=C\CC)CCCc1ccc(NC(=C)c2ccccn2)cc1. The normalized spacial score (nSPS) is 10.6. The molecular formula is C22H27N3. The summed E-state index contributed by atoms with van der Waals surface area (Å²) in [6, 6.07) is 14.3. The second kappa shape index (κ2) is 10.1. The number of anilines is 1. The lowest BCUT2D eigenvalue weighted by molar-refractivity contribution is 0.488. The van der Waals surface area contributed by atoms with Crippen LogP contribution >= 0.6 is 0 Å². The summed E-state index contributed by atoms with van der Waals surface area (Å²) < 4.78 is 0. The van der Waals surface area contributed by atoms with E-state index in [1.807, 2.05) is 24.4 Å². The van der Waals surface area contributed by atoms with E-state index in [1.54, 1.807) is 6.20 Å². The summed E-state index contributed by atoms with van der Waals surface area (Å²) in [5, 5.41) is 3.30. The minimum atomic E-state index is 0.803. The summed E-state index contributed by atoms with van der Waals surface area (Å²) in [5.41, 5.74) is 4.02. The molecule has 1 heterocycles. The van der Waals surface area contributed by atoms with Crippen molar-refractivity contribution in [1.82, 2.24) is 9.88 Å². The molecule has 0 atom stereocenters. The molecule has 0 saturated carbocycles. The van der Waals surface area contributed by atoms with Crippen LogP contribution in [0.25, 0.3) is 5.70 Å². The molecule has 0 saturated heterocycles. The van der Waals surface area contributed by atoms with E-state index in [2.05, 4.69) is 71.8 Å². The van der Waals surface area contributed by atoms with Gasteiger partial charge in [0.25, 0.3) is 0 Å². The maximum absolute atomic E-state index is 4.30. The van der Waals surface area contributed by atoms with E-state index in [0.717, 1.165) is 42.9 Å². The Morgan fingerprint density at radius 3 is 2.64 bits per heavy atom. The van der Waals surface area contributed by atoms with Crippen LogP contribution < -0.4 is 5.32 Å². The van der Waals surface area contributed by atoms with Crippen LogP contribution in [0.2, 0.25) is 0 Å². The first-order valence-corrected chi connectivity index (χ1v) is 8.74.